The molecular weight excluding hydrogens is 306 g/mol. The normalized spacial score (nSPS) is 16.6. The van der Waals surface area contributed by atoms with Crippen molar-refractivity contribution in [3.05, 3.63) is 71.8 Å². The molecule has 24 heavy (non-hydrogen) atoms. The van der Waals surface area contributed by atoms with Crippen molar-refractivity contribution in [3.8, 4) is 5.75 Å². The molecule has 0 saturated carbocycles. The molecule has 0 aromatic heterocycles. The quantitative estimate of drug-likeness (QED) is 0.758. The number of fused-ring (bicyclic) bond motifs is 1. The van der Waals surface area contributed by atoms with Gasteiger partial charge in [-0.2, -0.15) is 0 Å². The summed E-state index contributed by atoms with van der Waals surface area (Å²) in [6.07, 6.45) is 3.03. The molecule has 0 radical (unpaired) electrons. The lowest BCUT2D eigenvalue weighted by atomic mass is 10.1. The highest BCUT2D eigenvalue weighted by atomic mass is 16.3. The van der Waals surface area contributed by atoms with Gasteiger partial charge >= 0.3 is 0 Å². The highest BCUT2D eigenvalue weighted by Gasteiger charge is 2.32. The zero-order chi connectivity index (χ0) is 17.1. The fourth-order valence-electron chi connectivity index (χ4n) is 2.55. The van der Waals surface area contributed by atoms with Crippen molar-refractivity contribution in [2.24, 2.45) is 0 Å². The lowest BCUT2D eigenvalue weighted by Crippen LogP contribution is -2.56. The Bertz CT molecular complexity index is 817. The molecule has 2 amide bonds. The van der Waals surface area contributed by atoms with E-state index in [0.29, 0.717) is 11.3 Å². The van der Waals surface area contributed by atoms with E-state index in [2.05, 4.69) is 10.7 Å². The van der Waals surface area contributed by atoms with E-state index in [9.17, 15) is 14.7 Å². The van der Waals surface area contributed by atoms with Crippen molar-refractivity contribution in [2.45, 2.75) is 13.1 Å². The SMILES string of the molecule is C/C=C/C1Nc2ccccc2C(=O)N1NC(=O)c1ccccc1O. The van der Waals surface area contributed by atoms with Crippen LogP contribution >= 0.6 is 0 Å². The first-order valence-electron chi connectivity index (χ1n) is 7.52. The van der Waals surface area contributed by atoms with Gasteiger partial charge in [-0.05, 0) is 37.3 Å². The van der Waals surface area contributed by atoms with E-state index in [0.717, 1.165) is 0 Å². The largest absolute Gasteiger partial charge is 0.507 e. The summed E-state index contributed by atoms with van der Waals surface area (Å²) in [7, 11) is 0. The number of nitrogens with zero attached hydrogens (tertiary/aromatic N) is 1. The van der Waals surface area contributed by atoms with Gasteiger partial charge in [-0.25, -0.2) is 5.01 Å². The van der Waals surface area contributed by atoms with E-state index >= 15 is 0 Å². The van der Waals surface area contributed by atoms with Crippen molar-refractivity contribution in [2.75, 3.05) is 5.32 Å². The summed E-state index contributed by atoms with van der Waals surface area (Å²) in [6, 6.07) is 13.3. The van der Waals surface area contributed by atoms with Crippen LogP contribution in [0.5, 0.6) is 5.75 Å². The third-order valence-corrected chi connectivity index (χ3v) is 3.70. The standard InChI is InChI=1S/C18H17N3O3/c1-2-7-16-19-14-10-5-3-8-12(14)18(24)21(16)20-17(23)13-9-4-6-11-15(13)22/h2-11,16,19,22H,1H3,(H,20,23)/b7-2+. The van der Waals surface area contributed by atoms with Crippen LogP contribution in [0.2, 0.25) is 0 Å². The van der Waals surface area contributed by atoms with Crippen LogP contribution in [0.15, 0.2) is 60.7 Å². The second-order valence-electron chi connectivity index (χ2n) is 5.29. The second-order valence-corrected chi connectivity index (χ2v) is 5.29. The monoisotopic (exact) mass is 323 g/mol. The number of hydrogen-bond donors (Lipinski definition) is 3. The number of rotatable bonds is 3. The van der Waals surface area contributed by atoms with E-state index in [4.69, 9.17) is 0 Å². The summed E-state index contributed by atoms with van der Waals surface area (Å²) in [5, 5.41) is 14.2. The third-order valence-electron chi connectivity index (χ3n) is 3.70. The van der Waals surface area contributed by atoms with Gasteiger partial charge in [0.15, 0.2) is 0 Å². The van der Waals surface area contributed by atoms with Crippen LogP contribution in [0.3, 0.4) is 0 Å². The first-order valence-corrected chi connectivity index (χ1v) is 7.52. The van der Waals surface area contributed by atoms with E-state index < -0.39 is 12.1 Å². The van der Waals surface area contributed by atoms with Gasteiger partial charge in [-0.1, -0.05) is 30.3 Å². The van der Waals surface area contributed by atoms with Crippen molar-refractivity contribution in [3.63, 3.8) is 0 Å². The van der Waals surface area contributed by atoms with Gasteiger partial charge in [0.1, 0.15) is 11.9 Å². The predicted molar refractivity (Wildman–Crippen MR) is 90.4 cm³/mol. The number of phenols is 1. The van der Waals surface area contributed by atoms with Crippen molar-refractivity contribution >= 4 is 17.5 Å². The molecule has 3 rings (SSSR count). The molecule has 6 heteroatoms. The number of aromatic hydroxyl groups is 1. The minimum absolute atomic E-state index is 0.100. The maximum atomic E-state index is 12.7. The number of carbonyl (C=O) groups is 2. The van der Waals surface area contributed by atoms with Crippen LogP contribution in [0, 0.1) is 0 Å². The summed E-state index contributed by atoms with van der Waals surface area (Å²) in [4.78, 5) is 25.2. The van der Waals surface area contributed by atoms with E-state index in [1.54, 1.807) is 36.4 Å². The van der Waals surface area contributed by atoms with Gasteiger partial charge in [-0.3, -0.25) is 15.0 Å². The average Bonchev–Trinajstić information content (AvgIpc) is 2.59. The smallest absolute Gasteiger partial charge is 0.276 e. The molecule has 2 aromatic carbocycles. The number of nitrogens with one attached hydrogen (secondary N) is 2. The molecule has 0 spiro atoms. The van der Waals surface area contributed by atoms with Crippen LogP contribution in [0.25, 0.3) is 0 Å². The van der Waals surface area contributed by atoms with Crippen LogP contribution in [0.1, 0.15) is 27.6 Å². The highest BCUT2D eigenvalue weighted by molar-refractivity contribution is 6.04. The topological polar surface area (TPSA) is 81.7 Å². The Morgan fingerprint density at radius 1 is 1.21 bits per heavy atom. The maximum absolute atomic E-state index is 12.7. The van der Waals surface area contributed by atoms with Crippen molar-refractivity contribution in [1.29, 1.82) is 0 Å². The molecular formula is C18H17N3O3. The molecule has 1 aliphatic rings. The summed E-state index contributed by atoms with van der Waals surface area (Å²) >= 11 is 0. The van der Waals surface area contributed by atoms with Crippen molar-refractivity contribution < 1.29 is 14.7 Å². The zero-order valence-electron chi connectivity index (χ0n) is 13.1. The summed E-state index contributed by atoms with van der Waals surface area (Å²) in [6.45, 7) is 1.83. The van der Waals surface area contributed by atoms with E-state index in [1.165, 1.54) is 17.1 Å². The number of phenolic OH excluding ortho intramolecular Hbond substituents is 1. The van der Waals surface area contributed by atoms with Crippen molar-refractivity contribution in [1.82, 2.24) is 10.4 Å². The Labute approximate surface area is 139 Å². The molecule has 122 valence electrons. The summed E-state index contributed by atoms with van der Waals surface area (Å²) in [5.74, 6) is -1.02. The summed E-state index contributed by atoms with van der Waals surface area (Å²) in [5.41, 5.74) is 3.85. The molecule has 0 bridgehead atoms. The molecule has 1 aliphatic heterocycles. The van der Waals surface area contributed by atoms with Gasteiger partial charge in [0, 0.05) is 5.69 Å². The van der Waals surface area contributed by atoms with Gasteiger partial charge in [0.25, 0.3) is 11.8 Å². The van der Waals surface area contributed by atoms with E-state index in [1.807, 2.05) is 19.1 Å². The number of hydrazine groups is 1. The number of hydrogen-bond acceptors (Lipinski definition) is 4. The lowest BCUT2D eigenvalue weighted by molar-refractivity contribution is 0.0533. The number of para-hydroxylation sites is 2. The number of benzene rings is 2. The fraction of sp³-hybridized carbons (Fsp3) is 0.111. The van der Waals surface area contributed by atoms with E-state index in [-0.39, 0.29) is 17.2 Å². The molecule has 1 atom stereocenters. The first kappa shape index (κ1) is 15.6. The molecule has 0 aliphatic carbocycles. The van der Waals surface area contributed by atoms with Crippen LogP contribution in [-0.4, -0.2) is 28.1 Å². The molecule has 6 nitrogen and oxygen atoms in total. The van der Waals surface area contributed by atoms with Crippen LogP contribution in [-0.2, 0) is 0 Å². The maximum Gasteiger partial charge on any atom is 0.276 e. The number of anilines is 1. The highest BCUT2D eigenvalue weighted by Crippen LogP contribution is 2.25. The molecule has 0 saturated heterocycles. The predicted octanol–water partition coefficient (Wildman–Crippen LogP) is 2.51. The Balaban J connectivity index is 1.91. The summed E-state index contributed by atoms with van der Waals surface area (Å²) < 4.78 is 0. The molecule has 3 N–H and O–H groups in total. The molecule has 1 heterocycles. The number of carbonyl (C=O) groups excluding carboxylic acids is 2. The lowest BCUT2D eigenvalue weighted by Gasteiger charge is -2.36. The van der Waals surface area contributed by atoms with Crippen LogP contribution < -0.4 is 10.7 Å². The first-order chi connectivity index (χ1) is 11.6. The Kier molecular flexibility index (Phi) is 4.20. The fourth-order valence-corrected chi connectivity index (χ4v) is 2.55. The minimum atomic E-state index is -0.558. The molecule has 1 unspecified atom stereocenters. The number of allylic oxidation sites excluding steroid dienone is 1. The molecule has 0 fully saturated rings. The van der Waals surface area contributed by atoms with Gasteiger partial charge in [0.2, 0.25) is 0 Å². The second kappa shape index (κ2) is 6.45. The van der Waals surface area contributed by atoms with Gasteiger partial charge in [-0.15, -0.1) is 0 Å². The van der Waals surface area contributed by atoms with Gasteiger partial charge < -0.3 is 10.4 Å². The zero-order valence-corrected chi connectivity index (χ0v) is 13.1. The Hall–Kier alpha value is -3.28. The Morgan fingerprint density at radius 3 is 2.67 bits per heavy atom. The van der Waals surface area contributed by atoms with Gasteiger partial charge in [0.05, 0.1) is 11.1 Å². The Morgan fingerprint density at radius 2 is 1.92 bits per heavy atom. The van der Waals surface area contributed by atoms with Crippen LogP contribution in [0.4, 0.5) is 5.69 Å². The molecule has 2 aromatic rings. The third kappa shape index (κ3) is 2.81. The average molecular weight is 323 g/mol. The minimum Gasteiger partial charge on any atom is -0.507 e. The number of amides is 2.